The second-order valence-corrected chi connectivity index (χ2v) is 8.56. The van der Waals surface area contributed by atoms with Crippen LogP contribution in [0.5, 0.6) is 0 Å². The van der Waals surface area contributed by atoms with Crippen molar-refractivity contribution in [1.82, 2.24) is 19.4 Å². The third-order valence-electron chi connectivity index (χ3n) is 5.02. The fourth-order valence-electron chi connectivity index (χ4n) is 3.22. The largest absolute Gasteiger partial charge is 0.351 e. The molecule has 158 valence electrons. The number of pyridine rings is 1. The molecule has 0 unspecified atom stereocenters. The van der Waals surface area contributed by atoms with Crippen molar-refractivity contribution in [2.24, 2.45) is 12.5 Å². The number of carbonyl (C=O) groups excluding carboxylic acids is 1. The summed E-state index contributed by atoms with van der Waals surface area (Å²) in [4.78, 5) is 17.3. The van der Waals surface area contributed by atoms with Crippen LogP contribution in [0.1, 0.15) is 42.5 Å². The molecule has 0 saturated carbocycles. The van der Waals surface area contributed by atoms with Gasteiger partial charge in [0.05, 0.1) is 16.6 Å². The summed E-state index contributed by atoms with van der Waals surface area (Å²) in [5, 5.41) is 19.5. The van der Waals surface area contributed by atoms with Crippen LogP contribution in [0.3, 0.4) is 0 Å². The highest BCUT2D eigenvalue weighted by Crippen LogP contribution is 2.18. The molecule has 7 nitrogen and oxygen atoms in total. The van der Waals surface area contributed by atoms with E-state index in [1.165, 1.54) is 4.57 Å². The normalized spacial score (nSPS) is 11.6. The molecule has 30 heavy (non-hydrogen) atoms. The molecule has 0 fully saturated rings. The molecule has 2 aromatic heterocycles. The van der Waals surface area contributed by atoms with E-state index in [2.05, 4.69) is 10.3 Å². The molecular weight excluding hydrogens is 400 g/mol. The Labute approximate surface area is 180 Å². The molecule has 0 atom stereocenters. The summed E-state index contributed by atoms with van der Waals surface area (Å²) in [5.41, 5.74) is 2.73. The maximum Gasteiger partial charge on any atom is 0.255 e. The number of carbonyl (C=O) groups is 1. The monoisotopic (exact) mass is 426 g/mol. The predicted octanol–water partition coefficient (Wildman–Crippen LogP) is 3.44. The van der Waals surface area contributed by atoms with Gasteiger partial charge in [-0.15, -0.1) is 11.6 Å². The number of benzene rings is 1. The molecule has 0 aliphatic rings. The summed E-state index contributed by atoms with van der Waals surface area (Å²) in [6.07, 6.45) is 2.20. The molecule has 2 heterocycles. The molecule has 0 aliphatic heterocycles. The number of halogens is 1. The van der Waals surface area contributed by atoms with E-state index in [0.29, 0.717) is 18.8 Å². The Hall–Kier alpha value is -2.93. The minimum absolute atomic E-state index is 0.00580. The van der Waals surface area contributed by atoms with Crippen LogP contribution >= 0.6 is 11.6 Å². The Kier molecular flexibility index (Phi) is 6.12. The summed E-state index contributed by atoms with van der Waals surface area (Å²) in [5.74, 6) is 1.23. The van der Waals surface area contributed by atoms with Crippen LogP contribution in [-0.2, 0) is 19.3 Å². The smallest absolute Gasteiger partial charge is 0.255 e. The maximum atomic E-state index is 12.7. The quantitative estimate of drug-likeness (QED) is 0.330. The van der Waals surface area contributed by atoms with E-state index in [1.807, 2.05) is 50.6 Å². The molecule has 1 aromatic carbocycles. The van der Waals surface area contributed by atoms with Gasteiger partial charge in [-0.05, 0) is 29.8 Å². The zero-order valence-electron chi connectivity index (χ0n) is 17.7. The second kappa shape index (κ2) is 8.44. The topological polar surface area (TPSA) is 99.5 Å². The van der Waals surface area contributed by atoms with Crippen molar-refractivity contribution in [3.8, 4) is 0 Å². The zero-order valence-corrected chi connectivity index (χ0v) is 18.5. The first-order valence-electron chi connectivity index (χ1n) is 9.77. The van der Waals surface area contributed by atoms with Gasteiger partial charge in [-0.1, -0.05) is 26.8 Å². The third kappa shape index (κ3) is 4.31. The van der Waals surface area contributed by atoms with E-state index in [9.17, 15) is 4.79 Å². The third-order valence-corrected chi connectivity index (χ3v) is 5.32. The number of alkyl halides is 1. The van der Waals surface area contributed by atoms with Crippen LogP contribution in [0.15, 0.2) is 36.5 Å². The number of hydrogen-bond donors (Lipinski definition) is 3. The van der Waals surface area contributed by atoms with E-state index in [4.69, 9.17) is 22.4 Å². The number of nitrogens with one attached hydrogen (secondary N) is 3. The van der Waals surface area contributed by atoms with Gasteiger partial charge in [0.2, 0.25) is 0 Å². The molecule has 8 heteroatoms. The van der Waals surface area contributed by atoms with Gasteiger partial charge < -0.3 is 9.88 Å². The Balaban J connectivity index is 1.73. The molecule has 0 bridgehead atoms. The molecule has 0 radical (unpaired) electrons. The highest BCUT2D eigenvalue weighted by molar-refractivity contribution is 6.17. The number of hydrogen-bond acceptors (Lipinski definition) is 4. The number of rotatable bonds is 5. The minimum atomic E-state index is -0.431. The average Bonchev–Trinajstić information content (AvgIpc) is 3.01. The second-order valence-electron chi connectivity index (χ2n) is 8.29. The number of aryl methyl sites for hydroxylation is 1. The predicted molar refractivity (Wildman–Crippen MR) is 119 cm³/mol. The maximum absolute atomic E-state index is 12.7. The van der Waals surface area contributed by atoms with Crippen LogP contribution < -0.4 is 10.8 Å². The molecule has 0 saturated heterocycles. The van der Waals surface area contributed by atoms with E-state index in [-0.39, 0.29) is 22.8 Å². The van der Waals surface area contributed by atoms with Crippen molar-refractivity contribution in [1.29, 1.82) is 10.8 Å². The Morgan fingerprint density at radius 1 is 1.27 bits per heavy atom. The summed E-state index contributed by atoms with van der Waals surface area (Å²) >= 11 is 5.91. The van der Waals surface area contributed by atoms with Crippen LogP contribution in [0, 0.1) is 16.2 Å². The molecule has 3 N–H and O–H groups in total. The van der Waals surface area contributed by atoms with Gasteiger partial charge in [0, 0.05) is 37.5 Å². The Bertz CT molecular complexity index is 1170. The summed E-state index contributed by atoms with van der Waals surface area (Å²) in [7, 11) is 1.95. The fourth-order valence-corrected chi connectivity index (χ4v) is 3.39. The molecular formula is C22H27ClN6O. The van der Waals surface area contributed by atoms with E-state index in [0.717, 1.165) is 22.4 Å². The van der Waals surface area contributed by atoms with Crippen LogP contribution in [0.4, 0.5) is 0 Å². The van der Waals surface area contributed by atoms with E-state index in [1.54, 1.807) is 18.3 Å². The summed E-state index contributed by atoms with van der Waals surface area (Å²) in [6, 6.07) is 9.25. The zero-order chi connectivity index (χ0) is 22.1. The van der Waals surface area contributed by atoms with Gasteiger partial charge in [0.1, 0.15) is 17.1 Å². The summed E-state index contributed by atoms with van der Waals surface area (Å²) in [6.45, 7) is 6.10. The molecule has 3 aromatic rings. The van der Waals surface area contributed by atoms with Crippen LogP contribution in [0.25, 0.3) is 11.0 Å². The number of amides is 1. The van der Waals surface area contributed by atoms with Gasteiger partial charge >= 0.3 is 0 Å². The van der Waals surface area contributed by atoms with Crippen LogP contribution in [0.2, 0.25) is 0 Å². The average molecular weight is 427 g/mol. The lowest BCUT2D eigenvalue weighted by atomic mass is 9.94. The first-order valence-corrected chi connectivity index (χ1v) is 10.3. The van der Waals surface area contributed by atoms with Gasteiger partial charge in [0.15, 0.2) is 0 Å². The van der Waals surface area contributed by atoms with E-state index >= 15 is 0 Å². The molecule has 0 spiro atoms. The number of fused-ring (bicyclic) bond motifs is 1. The first-order chi connectivity index (χ1) is 14.1. The van der Waals surface area contributed by atoms with Gasteiger partial charge in [-0.3, -0.25) is 20.2 Å². The number of aromatic nitrogens is 3. The van der Waals surface area contributed by atoms with Crippen LogP contribution in [-0.4, -0.2) is 32.4 Å². The Morgan fingerprint density at radius 2 is 2.00 bits per heavy atom. The van der Waals surface area contributed by atoms with Gasteiger partial charge in [-0.2, -0.15) is 0 Å². The number of nitrogens with zero attached hydrogens (tertiary/aromatic N) is 3. The fraction of sp³-hybridized carbons (Fsp3) is 0.364. The van der Waals surface area contributed by atoms with Crippen molar-refractivity contribution in [2.75, 3.05) is 6.54 Å². The molecule has 1 amide bonds. The van der Waals surface area contributed by atoms with Crippen molar-refractivity contribution in [2.45, 2.75) is 33.1 Å². The van der Waals surface area contributed by atoms with Crippen molar-refractivity contribution in [3.05, 3.63) is 59.0 Å². The SMILES string of the molecule is Cn1c(CCNC(=O)c2cccn(C(=N)C(C)(C)C)c2=N)nc2cc(CCl)ccc21. The molecule has 0 aliphatic carbocycles. The first kappa shape index (κ1) is 21.8. The van der Waals surface area contributed by atoms with Gasteiger partial charge in [-0.25, -0.2) is 4.98 Å². The lowest BCUT2D eigenvalue weighted by Gasteiger charge is -2.22. The Morgan fingerprint density at radius 3 is 2.67 bits per heavy atom. The van der Waals surface area contributed by atoms with Crippen molar-refractivity contribution in [3.63, 3.8) is 0 Å². The highest BCUT2D eigenvalue weighted by Gasteiger charge is 2.21. The lowest BCUT2D eigenvalue weighted by Crippen LogP contribution is -2.39. The van der Waals surface area contributed by atoms with Gasteiger partial charge in [0.25, 0.3) is 5.91 Å². The molecule has 3 rings (SSSR count). The van der Waals surface area contributed by atoms with Crippen molar-refractivity contribution >= 4 is 34.4 Å². The summed E-state index contributed by atoms with van der Waals surface area (Å²) < 4.78 is 3.45. The standard InChI is InChI=1S/C22H27ClN6O/c1-22(2,3)21(25)29-11-5-6-15(19(29)24)20(30)26-10-9-18-27-16-12-14(13-23)7-8-17(16)28(18)4/h5-8,11-12,24-25H,9-10,13H2,1-4H3,(H,26,30). The minimum Gasteiger partial charge on any atom is -0.351 e. The highest BCUT2D eigenvalue weighted by atomic mass is 35.5. The number of imidazole rings is 1. The van der Waals surface area contributed by atoms with E-state index < -0.39 is 5.41 Å². The lowest BCUT2D eigenvalue weighted by molar-refractivity contribution is 0.0951. The van der Waals surface area contributed by atoms with Crippen molar-refractivity contribution < 1.29 is 4.79 Å².